The zero-order valence-corrected chi connectivity index (χ0v) is 13.2. The molecule has 6 nitrogen and oxygen atoms in total. The molecule has 0 aromatic carbocycles. The lowest BCUT2D eigenvalue weighted by atomic mass is 9.97. The first-order valence-electron chi connectivity index (χ1n) is 6.90. The molecule has 1 atom stereocenters. The standard InChI is InChI=1S/C14H18BrN3O3/c15-11-3-4-12(19)18(9-11)7-5-13(20)17-6-1-2-10(8-17)14(16)21/h3-4,9-10H,1-2,5-8H2,(H2,16,21). The van der Waals surface area contributed by atoms with Crippen LogP contribution in [0, 0.1) is 5.92 Å². The van der Waals surface area contributed by atoms with Crippen LogP contribution in [0.5, 0.6) is 0 Å². The molecule has 114 valence electrons. The van der Waals surface area contributed by atoms with E-state index in [1.54, 1.807) is 17.2 Å². The molecule has 2 heterocycles. The monoisotopic (exact) mass is 355 g/mol. The van der Waals surface area contributed by atoms with Gasteiger partial charge in [0.1, 0.15) is 0 Å². The van der Waals surface area contributed by atoms with E-state index >= 15 is 0 Å². The highest BCUT2D eigenvalue weighted by molar-refractivity contribution is 9.10. The van der Waals surface area contributed by atoms with Crippen LogP contribution in [0.4, 0.5) is 0 Å². The van der Waals surface area contributed by atoms with Crippen molar-refractivity contribution in [2.45, 2.75) is 25.8 Å². The van der Waals surface area contributed by atoms with Gasteiger partial charge in [-0.2, -0.15) is 0 Å². The van der Waals surface area contributed by atoms with Gasteiger partial charge in [-0.3, -0.25) is 14.4 Å². The summed E-state index contributed by atoms with van der Waals surface area (Å²) in [4.78, 5) is 36.7. The van der Waals surface area contributed by atoms with E-state index < -0.39 is 0 Å². The fourth-order valence-corrected chi connectivity index (χ4v) is 2.87. The smallest absolute Gasteiger partial charge is 0.250 e. The van der Waals surface area contributed by atoms with Crippen molar-refractivity contribution >= 4 is 27.7 Å². The largest absolute Gasteiger partial charge is 0.369 e. The zero-order valence-electron chi connectivity index (χ0n) is 11.6. The minimum absolute atomic E-state index is 0.0483. The van der Waals surface area contributed by atoms with Crippen LogP contribution in [-0.2, 0) is 16.1 Å². The summed E-state index contributed by atoms with van der Waals surface area (Å²) in [5.74, 6) is -0.653. The average Bonchev–Trinajstić information content (AvgIpc) is 2.48. The second-order valence-electron chi connectivity index (χ2n) is 5.21. The number of hydrogen-bond donors (Lipinski definition) is 1. The Morgan fingerprint density at radius 2 is 2.14 bits per heavy atom. The molecule has 21 heavy (non-hydrogen) atoms. The number of halogens is 1. The maximum Gasteiger partial charge on any atom is 0.250 e. The molecular formula is C14H18BrN3O3. The van der Waals surface area contributed by atoms with Gasteiger partial charge in [0.2, 0.25) is 11.8 Å². The number of nitrogens with two attached hydrogens (primary N) is 1. The molecule has 2 rings (SSSR count). The van der Waals surface area contributed by atoms with Gasteiger partial charge < -0.3 is 15.2 Å². The molecule has 1 aliphatic heterocycles. The fraction of sp³-hybridized carbons (Fsp3) is 0.500. The number of aryl methyl sites for hydroxylation is 1. The third kappa shape index (κ3) is 4.17. The Balaban J connectivity index is 1.94. The molecule has 1 unspecified atom stereocenters. The number of primary amides is 1. The number of hydrogen-bond acceptors (Lipinski definition) is 3. The predicted octanol–water partition coefficient (Wildman–Crippen LogP) is 0.725. The first-order valence-corrected chi connectivity index (χ1v) is 7.70. The molecule has 0 saturated carbocycles. The summed E-state index contributed by atoms with van der Waals surface area (Å²) in [6.45, 7) is 1.37. The van der Waals surface area contributed by atoms with Gasteiger partial charge in [0.15, 0.2) is 0 Å². The summed E-state index contributed by atoms with van der Waals surface area (Å²) in [6.07, 6.45) is 3.43. The minimum atomic E-state index is -0.351. The van der Waals surface area contributed by atoms with Crippen molar-refractivity contribution < 1.29 is 9.59 Å². The number of carbonyl (C=O) groups is 2. The number of pyridine rings is 1. The molecule has 1 aromatic heterocycles. The summed E-state index contributed by atoms with van der Waals surface area (Å²) >= 11 is 3.30. The van der Waals surface area contributed by atoms with Gasteiger partial charge in [0.05, 0.1) is 5.92 Å². The summed E-state index contributed by atoms with van der Waals surface area (Å²) in [5.41, 5.74) is 5.16. The van der Waals surface area contributed by atoms with Gasteiger partial charge in [-0.25, -0.2) is 0 Å². The van der Waals surface area contributed by atoms with E-state index in [4.69, 9.17) is 5.73 Å². The molecular weight excluding hydrogens is 338 g/mol. The van der Waals surface area contributed by atoms with Crippen molar-refractivity contribution in [3.05, 3.63) is 33.2 Å². The van der Waals surface area contributed by atoms with E-state index in [1.807, 2.05) is 0 Å². The minimum Gasteiger partial charge on any atom is -0.369 e. The number of aromatic nitrogens is 1. The van der Waals surface area contributed by atoms with Crippen LogP contribution in [-0.4, -0.2) is 34.4 Å². The van der Waals surface area contributed by atoms with Crippen molar-refractivity contribution in [3.8, 4) is 0 Å². The Hall–Kier alpha value is -1.63. The Bertz CT molecular complexity index is 599. The summed E-state index contributed by atoms with van der Waals surface area (Å²) in [7, 11) is 0. The van der Waals surface area contributed by atoms with Gasteiger partial charge in [0, 0.05) is 42.8 Å². The third-order valence-corrected chi connectivity index (χ3v) is 4.16. The second-order valence-corrected chi connectivity index (χ2v) is 6.13. The Labute approximate surface area is 131 Å². The highest BCUT2D eigenvalue weighted by Crippen LogP contribution is 2.17. The lowest BCUT2D eigenvalue weighted by Gasteiger charge is -2.31. The maximum absolute atomic E-state index is 12.2. The van der Waals surface area contributed by atoms with Crippen LogP contribution in [0.2, 0.25) is 0 Å². The predicted molar refractivity (Wildman–Crippen MR) is 81.5 cm³/mol. The van der Waals surface area contributed by atoms with E-state index in [0.29, 0.717) is 19.6 Å². The van der Waals surface area contributed by atoms with Crippen LogP contribution >= 0.6 is 15.9 Å². The topological polar surface area (TPSA) is 85.4 Å². The SMILES string of the molecule is NC(=O)C1CCCN(C(=O)CCn2cc(Br)ccc2=O)C1. The number of rotatable bonds is 4. The van der Waals surface area contributed by atoms with Crippen molar-refractivity contribution in [2.24, 2.45) is 11.7 Å². The maximum atomic E-state index is 12.2. The molecule has 0 aliphatic carbocycles. The average molecular weight is 356 g/mol. The fourth-order valence-electron chi connectivity index (χ4n) is 2.49. The third-order valence-electron chi connectivity index (χ3n) is 3.69. The highest BCUT2D eigenvalue weighted by atomic mass is 79.9. The Kier molecular flexibility index (Phi) is 5.17. The molecule has 2 N–H and O–H groups in total. The van der Waals surface area contributed by atoms with Gasteiger partial charge in [-0.05, 0) is 34.8 Å². The van der Waals surface area contributed by atoms with Gasteiger partial charge in [0.25, 0.3) is 5.56 Å². The molecule has 0 bridgehead atoms. The van der Waals surface area contributed by atoms with Crippen molar-refractivity contribution in [3.63, 3.8) is 0 Å². The van der Waals surface area contributed by atoms with Crippen LogP contribution in [0.15, 0.2) is 27.6 Å². The second kappa shape index (κ2) is 6.89. The first kappa shape index (κ1) is 15.8. The lowest BCUT2D eigenvalue weighted by Crippen LogP contribution is -2.44. The number of nitrogens with zero attached hydrogens (tertiary/aromatic N) is 2. The number of likely N-dealkylation sites (tertiary alicyclic amines) is 1. The Morgan fingerprint density at radius 1 is 1.38 bits per heavy atom. The van der Waals surface area contributed by atoms with Crippen LogP contribution in [0.3, 0.4) is 0 Å². The first-order chi connectivity index (χ1) is 9.97. The van der Waals surface area contributed by atoms with Crippen molar-refractivity contribution in [2.75, 3.05) is 13.1 Å². The molecule has 7 heteroatoms. The lowest BCUT2D eigenvalue weighted by molar-refractivity contribution is -0.135. The normalized spacial score (nSPS) is 18.5. The van der Waals surface area contributed by atoms with E-state index in [2.05, 4.69) is 15.9 Å². The van der Waals surface area contributed by atoms with Gasteiger partial charge in [-0.15, -0.1) is 0 Å². The highest BCUT2D eigenvalue weighted by Gasteiger charge is 2.26. The molecule has 2 amide bonds. The summed E-state index contributed by atoms with van der Waals surface area (Å²) < 4.78 is 2.29. The molecule has 0 radical (unpaired) electrons. The Morgan fingerprint density at radius 3 is 2.86 bits per heavy atom. The zero-order chi connectivity index (χ0) is 15.4. The van der Waals surface area contributed by atoms with Gasteiger partial charge >= 0.3 is 0 Å². The van der Waals surface area contributed by atoms with Crippen molar-refractivity contribution in [1.29, 1.82) is 0 Å². The van der Waals surface area contributed by atoms with Crippen molar-refractivity contribution in [1.82, 2.24) is 9.47 Å². The molecule has 1 saturated heterocycles. The molecule has 1 fully saturated rings. The summed E-state index contributed by atoms with van der Waals surface area (Å²) in [6, 6.07) is 3.13. The quantitative estimate of drug-likeness (QED) is 0.863. The van der Waals surface area contributed by atoms with E-state index in [-0.39, 0.29) is 29.7 Å². The molecule has 0 spiro atoms. The van der Waals surface area contributed by atoms with E-state index in [1.165, 1.54) is 10.6 Å². The summed E-state index contributed by atoms with van der Waals surface area (Å²) in [5, 5.41) is 0. The van der Waals surface area contributed by atoms with Gasteiger partial charge in [-0.1, -0.05) is 0 Å². The molecule has 1 aromatic rings. The van der Waals surface area contributed by atoms with Crippen LogP contribution in [0.25, 0.3) is 0 Å². The number of piperidine rings is 1. The van der Waals surface area contributed by atoms with E-state index in [9.17, 15) is 14.4 Å². The van der Waals surface area contributed by atoms with E-state index in [0.717, 1.165) is 17.3 Å². The van der Waals surface area contributed by atoms with Crippen LogP contribution in [0.1, 0.15) is 19.3 Å². The number of carbonyl (C=O) groups excluding carboxylic acids is 2. The van der Waals surface area contributed by atoms with Crippen LogP contribution < -0.4 is 11.3 Å². The number of amides is 2. The molecule has 1 aliphatic rings.